The first-order valence-corrected chi connectivity index (χ1v) is 6.98. The number of nitrogens with two attached hydrogens (primary N) is 1. The average Bonchev–Trinajstić information content (AvgIpc) is 2.15. The molecule has 0 radical (unpaired) electrons. The number of hydrogen-bond acceptors (Lipinski definition) is 4. The van der Waals surface area contributed by atoms with Crippen LogP contribution >= 0.6 is 0 Å². The lowest BCUT2D eigenvalue weighted by Crippen LogP contribution is -2.54. The Balaban J connectivity index is 2.71. The summed E-state index contributed by atoms with van der Waals surface area (Å²) in [6, 6.07) is 0.447. The lowest BCUT2D eigenvalue weighted by atomic mass is 10.1. The summed E-state index contributed by atoms with van der Waals surface area (Å²) in [6.07, 6.45) is 1.04. The second-order valence-corrected chi connectivity index (χ2v) is 6.23. The Bertz CT molecular complexity index is 277. The molecule has 84 valence electrons. The Labute approximate surface area is 86.4 Å². The van der Waals surface area contributed by atoms with Gasteiger partial charge in [0.1, 0.15) is 0 Å². The van der Waals surface area contributed by atoms with Gasteiger partial charge in [-0.05, 0) is 13.3 Å². The summed E-state index contributed by atoms with van der Waals surface area (Å²) in [6.45, 7) is 5.31. The smallest absolute Gasteiger partial charge is 0.153 e. The quantitative estimate of drug-likeness (QED) is 0.718. The molecule has 0 aromatic carbocycles. The van der Waals surface area contributed by atoms with Gasteiger partial charge in [-0.15, -0.1) is 0 Å². The summed E-state index contributed by atoms with van der Waals surface area (Å²) < 4.78 is 22.8. The molecule has 2 N–H and O–H groups in total. The van der Waals surface area contributed by atoms with Crippen molar-refractivity contribution in [2.45, 2.75) is 32.4 Å². The van der Waals surface area contributed by atoms with Crippen molar-refractivity contribution < 1.29 is 8.42 Å². The van der Waals surface area contributed by atoms with Crippen molar-refractivity contribution in [3.05, 3.63) is 0 Å². The van der Waals surface area contributed by atoms with E-state index in [2.05, 4.69) is 18.7 Å². The third kappa shape index (κ3) is 2.68. The van der Waals surface area contributed by atoms with Crippen LogP contribution in [0.1, 0.15) is 20.3 Å². The molecule has 1 rings (SSSR count). The molecule has 0 saturated carbocycles. The number of hydrogen-bond donors (Lipinski definition) is 1. The summed E-state index contributed by atoms with van der Waals surface area (Å²) in [4.78, 5) is 2.22. The van der Waals surface area contributed by atoms with Gasteiger partial charge < -0.3 is 5.73 Å². The van der Waals surface area contributed by atoms with E-state index < -0.39 is 9.84 Å². The van der Waals surface area contributed by atoms with Crippen molar-refractivity contribution in [1.82, 2.24) is 4.90 Å². The van der Waals surface area contributed by atoms with Crippen molar-refractivity contribution >= 4 is 9.84 Å². The van der Waals surface area contributed by atoms with E-state index >= 15 is 0 Å². The van der Waals surface area contributed by atoms with Crippen LogP contribution in [0.25, 0.3) is 0 Å². The van der Waals surface area contributed by atoms with Crippen LogP contribution in [0.2, 0.25) is 0 Å². The summed E-state index contributed by atoms with van der Waals surface area (Å²) >= 11 is 0. The summed E-state index contributed by atoms with van der Waals surface area (Å²) in [5.74, 6) is 0.516. The maximum Gasteiger partial charge on any atom is 0.153 e. The Morgan fingerprint density at radius 2 is 2.21 bits per heavy atom. The maximum atomic E-state index is 11.4. The number of sulfone groups is 1. The van der Waals surface area contributed by atoms with Gasteiger partial charge in [0.15, 0.2) is 9.84 Å². The molecule has 1 saturated heterocycles. The molecule has 0 aliphatic carbocycles. The van der Waals surface area contributed by atoms with E-state index in [4.69, 9.17) is 5.73 Å². The fourth-order valence-electron chi connectivity index (χ4n) is 1.92. The highest BCUT2D eigenvalue weighted by Crippen LogP contribution is 2.15. The van der Waals surface area contributed by atoms with Gasteiger partial charge in [0, 0.05) is 25.2 Å². The molecule has 4 nitrogen and oxygen atoms in total. The van der Waals surface area contributed by atoms with Crippen molar-refractivity contribution in [1.29, 1.82) is 0 Å². The van der Waals surface area contributed by atoms with Crippen LogP contribution in [0.4, 0.5) is 0 Å². The molecular formula is C9H20N2O2S. The maximum absolute atomic E-state index is 11.4. The molecule has 2 atom stereocenters. The van der Waals surface area contributed by atoms with Crippen LogP contribution in [0.15, 0.2) is 0 Å². The normalized spacial score (nSPS) is 30.1. The van der Waals surface area contributed by atoms with Crippen LogP contribution in [-0.4, -0.2) is 50.0 Å². The predicted octanol–water partition coefficient (Wildman–Crippen LogP) is -0.157. The molecule has 1 fully saturated rings. The van der Waals surface area contributed by atoms with Gasteiger partial charge in [0.25, 0.3) is 0 Å². The first-order valence-electron chi connectivity index (χ1n) is 5.16. The van der Waals surface area contributed by atoms with Gasteiger partial charge in [0.2, 0.25) is 0 Å². The summed E-state index contributed by atoms with van der Waals surface area (Å²) in [5, 5.41) is 0. The molecule has 0 bridgehead atoms. The second kappa shape index (κ2) is 4.59. The molecule has 1 aliphatic rings. The molecule has 5 heteroatoms. The van der Waals surface area contributed by atoms with E-state index in [0.29, 0.717) is 19.1 Å². The van der Waals surface area contributed by atoms with Crippen molar-refractivity contribution in [3.63, 3.8) is 0 Å². The van der Waals surface area contributed by atoms with E-state index in [1.165, 1.54) is 0 Å². The van der Waals surface area contributed by atoms with Crippen LogP contribution in [0, 0.1) is 0 Å². The molecule has 1 aliphatic heterocycles. The Morgan fingerprint density at radius 1 is 1.57 bits per heavy atom. The van der Waals surface area contributed by atoms with Gasteiger partial charge in [-0.1, -0.05) is 6.92 Å². The molecule has 0 spiro atoms. The van der Waals surface area contributed by atoms with Crippen LogP contribution in [0.3, 0.4) is 0 Å². The minimum atomic E-state index is -2.84. The highest BCUT2D eigenvalue weighted by Gasteiger charge is 2.32. The first kappa shape index (κ1) is 11.9. The van der Waals surface area contributed by atoms with E-state index in [1.807, 2.05) is 0 Å². The van der Waals surface area contributed by atoms with Gasteiger partial charge in [0.05, 0.1) is 11.5 Å². The standard InChI is InChI=1S/C9H20N2O2S/c1-3-8(2)11-4-5-14(12,13)7-9(11)6-10/h8-9H,3-7,10H2,1-2H3. The third-order valence-corrected chi connectivity index (χ3v) is 4.70. The molecule has 0 aromatic heterocycles. The SMILES string of the molecule is CCC(C)N1CCS(=O)(=O)CC1CN. The van der Waals surface area contributed by atoms with Crippen molar-refractivity contribution in [3.8, 4) is 0 Å². The lowest BCUT2D eigenvalue weighted by molar-refractivity contribution is 0.158. The van der Waals surface area contributed by atoms with E-state index in [1.54, 1.807) is 0 Å². The van der Waals surface area contributed by atoms with E-state index in [-0.39, 0.29) is 17.5 Å². The van der Waals surface area contributed by atoms with E-state index in [0.717, 1.165) is 6.42 Å². The van der Waals surface area contributed by atoms with Crippen LogP contribution in [-0.2, 0) is 9.84 Å². The van der Waals surface area contributed by atoms with Gasteiger partial charge >= 0.3 is 0 Å². The molecule has 1 heterocycles. The number of nitrogens with zero attached hydrogens (tertiary/aromatic N) is 1. The van der Waals surface area contributed by atoms with Crippen molar-refractivity contribution in [2.24, 2.45) is 5.73 Å². The zero-order chi connectivity index (χ0) is 10.8. The first-order chi connectivity index (χ1) is 6.50. The molecule has 0 amide bonds. The fourth-order valence-corrected chi connectivity index (χ4v) is 3.49. The summed E-state index contributed by atoms with van der Waals surface area (Å²) in [7, 11) is -2.84. The lowest BCUT2D eigenvalue weighted by Gasteiger charge is -2.38. The highest BCUT2D eigenvalue weighted by atomic mass is 32.2. The number of rotatable bonds is 3. The highest BCUT2D eigenvalue weighted by molar-refractivity contribution is 7.91. The topological polar surface area (TPSA) is 63.4 Å². The van der Waals surface area contributed by atoms with Crippen LogP contribution < -0.4 is 5.73 Å². The monoisotopic (exact) mass is 220 g/mol. The zero-order valence-electron chi connectivity index (χ0n) is 8.94. The van der Waals surface area contributed by atoms with Crippen LogP contribution in [0.5, 0.6) is 0 Å². The molecular weight excluding hydrogens is 200 g/mol. The predicted molar refractivity (Wildman–Crippen MR) is 58.0 cm³/mol. The average molecular weight is 220 g/mol. The van der Waals surface area contributed by atoms with Gasteiger partial charge in [-0.25, -0.2) is 8.42 Å². The van der Waals surface area contributed by atoms with Gasteiger partial charge in [-0.2, -0.15) is 0 Å². The molecule has 0 aromatic rings. The summed E-state index contributed by atoms with van der Waals surface area (Å²) in [5.41, 5.74) is 5.60. The zero-order valence-corrected chi connectivity index (χ0v) is 9.76. The molecule has 2 unspecified atom stereocenters. The van der Waals surface area contributed by atoms with Gasteiger partial charge in [-0.3, -0.25) is 4.90 Å². The second-order valence-electron chi connectivity index (χ2n) is 4.00. The largest absolute Gasteiger partial charge is 0.329 e. The Hall–Kier alpha value is -0.130. The van der Waals surface area contributed by atoms with E-state index in [9.17, 15) is 8.42 Å². The van der Waals surface area contributed by atoms with Crippen molar-refractivity contribution in [2.75, 3.05) is 24.6 Å². The molecule has 14 heavy (non-hydrogen) atoms. The Morgan fingerprint density at radius 3 is 2.71 bits per heavy atom. The third-order valence-electron chi connectivity index (χ3n) is 3.00. The minimum absolute atomic E-state index is 0.0173. The Kier molecular flexibility index (Phi) is 3.92. The minimum Gasteiger partial charge on any atom is -0.329 e. The fraction of sp³-hybridized carbons (Fsp3) is 1.00.